The van der Waals surface area contributed by atoms with Crippen LogP contribution in [0.3, 0.4) is 0 Å². The van der Waals surface area contributed by atoms with Crippen molar-refractivity contribution in [3.8, 4) is 5.69 Å². The van der Waals surface area contributed by atoms with Gasteiger partial charge in [0.2, 0.25) is 0 Å². The number of para-hydroxylation sites is 2. The van der Waals surface area contributed by atoms with Crippen molar-refractivity contribution in [3.05, 3.63) is 104 Å². The van der Waals surface area contributed by atoms with Crippen molar-refractivity contribution in [2.75, 3.05) is 0 Å². The molecule has 5 nitrogen and oxygen atoms in total. The summed E-state index contributed by atoms with van der Waals surface area (Å²) in [6, 6.07) is 27.8. The first-order valence-corrected chi connectivity index (χ1v) is 11.3. The third-order valence-corrected chi connectivity index (χ3v) is 6.86. The van der Waals surface area contributed by atoms with Gasteiger partial charge in [0.15, 0.2) is 0 Å². The van der Waals surface area contributed by atoms with Crippen LogP contribution in [0.4, 0.5) is 0 Å². The predicted octanol–water partition coefficient (Wildman–Crippen LogP) is 6.68. The van der Waals surface area contributed by atoms with Crippen LogP contribution in [0.1, 0.15) is 0 Å². The monoisotopic (exact) mass is 435 g/mol. The number of hydrogen-bond donors (Lipinski definition) is 0. The van der Waals surface area contributed by atoms with Gasteiger partial charge in [-0.3, -0.25) is 14.4 Å². The van der Waals surface area contributed by atoms with Crippen LogP contribution >= 0.6 is 0 Å². The molecule has 3 aromatic carbocycles. The fourth-order valence-electron chi connectivity index (χ4n) is 5.51. The lowest BCUT2D eigenvalue weighted by molar-refractivity contribution is 1.18. The van der Waals surface area contributed by atoms with Gasteiger partial charge in [0.05, 0.1) is 34.5 Å². The second kappa shape index (κ2) is 6.39. The minimum atomic E-state index is 0.879. The number of nitrogens with zero attached hydrogens (tertiary/aromatic N) is 5. The van der Waals surface area contributed by atoms with E-state index in [9.17, 15) is 0 Å². The first kappa shape index (κ1) is 17.7. The Balaban J connectivity index is 1.73. The molecule has 0 aliphatic heterocycles. The molecule has 8 rings (SSSR count). The summed E-state index contributed by atoms with van der Waals surface area (Å²) in [4.78, 5) is 13.9. The van der Waals surface area contributed by atoms with Crippen molar-refractivity contribution < 1.29 is 0 Å². The lowest BCUT2D eigenvalue weighted by atomic mass is 10.0. The van der Waals surface area contributed by atoms with Gasteiger partial charge in [-0.15, -0.1) is 0 Å². The van der Waals surface area contributed by atoms with Gasteiger partial charge in [-0.25, -0.2) is 4.98 Å². The predicted molar refractivity (Wildman–Crippen MR) is 138 cm³/mol. The number of pyridine rings is 3. The summed E-state index contributed by atoms with van der Waals surface area (Å²) in [5, 5.41) is 5.92. The first-order valence-electron chi connectivity index (χ1n) is 11.3. The lowest BCUT2D eigenvalue weighted by Gasteiger charge is -2.11. The fraction of sp³-hybridized carbons (Fsp3) is 0. The Kier molecular flexibility index (Phi) is 3.34. The minimum Gasteiger partial charge on any atom is -0.309 e. The van der Waals surface area contributed by atoms with Crippen molar-refractivity contribution in [2.45, 2.75) is 0 Å². The van der Waals surface area contributed by atoms with Gasteiger partial charge in [0.1, 0.15) is 11.2 Å². The molecular formula is C29H17N5. The Morgan fingerprint density at radius 2 is 1.35 bits per heavy atom. The Morgan fingerprint density at radius 1 is 0.529 bits per heavy atom. The highest BCUT2D eigenvalue weighted by Crippen LogP contribution is 2.41. The highest BCUT2D eigenvalue weighted by atomic mass is 15.0. The smallest absolute Gasteiger partial charge is 0.147 e. The van der Waals surface area contributed by atoms with Gasteiger partial charge in [-0.05, 0) is 41.8 Å². The highest BCUT2D eigenvalue weighted by molar-refractivity contribution is 6.29. The number of aromatic nitrogens is 5. The molecular weight excluding hydrogens is 418 g/mol. The van der Waals surface area contributed by atoms with Crippen molar-refractivity contribution in [2.24, 2.45) is 0 Å². The van der Waals surface area contributed by atoms with Crippen LogP contribution in [-0.4, -0.2) is 23.9 Å². The zero-order chi connectivity index (χ0) is 22.2. The highest BCUT2D eigenvalue weighted by Gasteiger charge is 2.20. The molecule has 8 aromatic rings. The number of rotatable bonds is 1. The third kappa shape index (κ3) is 2.16. The third-order valence-electron chi connectivity index (χ3n) is 6.86. The lowest BCUT2D eigenvalue weighted by Crippen LogP contribution is -1.95. The Hall–Kier alpha value is -4.77. The second-order valence-corrected chi connectivity index (χ2v) is 8.60. The maximum atomic E-state index is 5.10. The molecule has 5 heterocycles. The van der Waals surface area contributed by atoms with Crippen LogP contribution in [0.25, 0.3) is 65.8 Å². The van der Waals surface area contributed by atoms with E-state index in [0.717, 1.165) is 38.7 Å². The van der Waals surface area contributed by atoms with Crippen molar-refractivity contribution in [3.63, 3.8) is 0 Å². The first-order chi connectivity index (χ1) is 16.9. The largest absolute Gasteiger partial charge is 0.309 e. The van der Waals surface area contributed by atoms with Crippen LogP contribution in [0, 0.1) is 0 Å². The van der Waals surface area contributed by atoms with Crippen LogP contribution in [0.15, 0.2) is 104 Å². The van der Waals surface area contributed by atoms with Crippen molar-refractivity contribution in [1.82, 2.24) is 23.9 Å². The number of imidazole rings is 1. The summed E-state index contributed by atoms with van der Waals surface area (Å²) in [5.41, 5.74) is 7.39. The molecule has 0 N–H and O–H groups in total. The SMILES string of the molecule is c1ccc(-n2c3ccccc3c3c4c(ccc32)c2ccncc2n2c3ccncc3nc42)cc1. The van der Waals surface area contributed by atoms with E-state index in [4.69, 9.17) is 4.98 Å². The van der Waals surface area contributed by atoms with Crippen molar-refractivity contribution in [1.29, 1.82) is 0 Å². The number of fused-ring (bicyclic) bond motifs is 12. The zero-order valence-corrected chi connectivity index (χ0v) is 18.1. The van der Waals surface area contributed by atoms with Gasteiger partial charge >= 0.3 is 0 Å². The number of benzene rings is 3. The molecule has 158 valence electrons. The van der Waals surface area contributed by atoms with E-state index in [0.29, 0.717) is 0 Å². The summed E-state index contributed by atoms with van der Waals surface area (Å²) in [5.74, 6) is 0. The summed E-state index contributed by atoms with van der Waals surface area (Å²) in [7, 11) is 0. The summed E-state index contributed by atoms with van der Waals surface area (Å²) >= 11 is 0. The normalized spacial score (nSPS) is 12.1. The van der Waals surface area contributed by atoms with Crippen LogP contribution < -0.4 is 0 Å². The molecule has 0 spiro atoms. The van der Waals surface area contributed by atoms with E-state index in [1.165, 1.54) is 27.2 Å². The molecule has 0 unspecified atom stereocenters. The Morgan fingerprint density at radius 3 is 2.29 bits per heavy atom. The maximum absolute atomic E-state index is 5.10. The Labute approximate surface area is 193 Å². The molecule has 0 amide bonds. The molecule has 5 aromatic heterocycles. The van der Waals surface area contributed by atoms with Gasteiger partial charge in [0.25, 0.3) is 0 Å². The molecule has 0 radical (unpaired) electrons. The molecule has 0 aliphatic carbocycles. The van der Waals surface area contributed by atoms with E-state index in [-0.39, 0.29) is 0 Å². The van der Waals surface area contributed by atoms with Crippen LogP contribution in [-0.2, 0) is 0 Å². The summed E-state index contributed by atoms with van der Waals surface area (Å²) in [6.45, 7) is 0. The summed E-state index contributed by atoms with van der Waals surface area (Å²) in [6.07, 6.45) is 7.46. The van der Waals surface area contributed by atoms with Gasteiger partial charge in [-0.2, -0.15) is 0 Å². The van der Waals surface area contributed by atoms with E-state index in [1.807, 2.05) is 30.9 Å². The quantitative estimate of drug-likeness (QED) is 0.270. The number of hydrogen-bond acceptors (Lipinski definition) is 3. The molecule has 0 saturated carbocycles. The van der Waals surface area contributed by atoms with E-state index < -0.39 is 0 Å². The Bertz CT molecular complexity index is 2070. The van der Waals surface area contributed by atoms with Gasteiger partial charge in [0, 0.05) is 39.6 Å². The molecule has 0 bridgehead atoms. The molecule has 34 heavy (non-hydrogen) atoms. The molecule has 5 heteroatoms. The second-order valence-electron chi connectivity index (χ2n) is 8.60. The average molecular weight is 435 g/mol. The minimum absolute atomic E-state index is 0.879. The van der Waals surface area contributed by atoms with Crippen molar-refractivity contribution >= 4 is 60.2 Å². The maximum Gasteiger partial charge on any atom is 0.147 e. The van der Waals surface area contributed by atoms with Gasteiger partial charge < -0.3 is 4.57 Å². The molecule has 0 fully saturated rings. The van der Waals surface area contributed by atoms with E-state index in [1.54, 1.807) is 0 Å². The summed E-state index contributed by atoms with van der Waals surface area (Å²) < 4.78 is 4.58. The average Bonchev–Trinajstić information content (AvgIpc) is 3.45. The van der Waals surface area contributed by atoms with Crippen LogP contribution in [0.5, 0.6) is 0 Å². The van der Waals surface area contributed by atoms with Gasteiger partial charge in [-0.1, -0.05) is 42.5 Å². The molecule has 0 atom stereocenters. The standard InChI is InChI=1S/C29H17N5/c1-2-6-18(7-3-1)33-23-9-5-4-8-21(23)27-25(33)11-10-20-19-12-14-31-17-26(19)34-24-13-15-30-16-22(24)32-29(34)28(20)27/h1-17H. The zero-order valence-electron chi connectivity index (χ0n) is 18.1. The molecule has 0 saturated heterocycles. The topological polar surface area (TPSA) is 48.0 Å². The van der Waals surface area contributed by atoms with E-state index >= 15 is 0 Å². The van der Waals surface area contributed by atoms with Crippen LogP contribution in [0.2, 0.25) is 0 Å². The fourth-order valence-corrected chi connectivity index (χ4v) is 5.51. The van der Waals surface area contributed by atoms with E-state index in [2.05, 4.69) is 91.7 Å². The molecule has 0 aliphatic rings.